The summed E-state index contributed by atoms with van der Waals surface area (Å²) in [5.41, 5.74) is 3.15. The number of para-hydroxylation sites is 1. The lowest BCUT2D eigenvalue weighted by Crippen LogP contribution is -2.32. The molecule has 0 aliphatic carbocycles. The fourth-order valence-electron chi connectivity index (χ4n) is 4.54. The molecule has 0 spiro atoms. The van der Waals surface area contributed by atoms with Gasteiger partial charge in [-0.1, -0.05) is 25.1 Å². The SMILES string of the molecule is CCCOc1ccc(/C(O)=C2\C(=O)C(=O)N(CCOC)C2c2cn(C)c3ccccc23)cc1C. The molecule has 1 atom stereocenters. The van der Waals surface area contributed by atoms with Crippen LogP contribution >= 0.6 is 0 Å². The molecule has 178 valence electrons. The summed E-state index contributed by atoms with van der Waals surface area (Å²) >= 11 is 0. The van der Waals surface area contributed by atoms with Gasteiger partial charge in [-0.3, -0.25) is 9.59 Å². The number of aromatic nitrogens is 1. The van der Waals surface area contributed by atoms with Gasteiger partial charge in [-0.15, -0.1) is 0 Å². The molecule has 1 fully saturated rings. The largest absolute Gasteiger partial charge is 0.507 e. The zero-order chi connectivity index (χ0) is 24.4. The molecule has 0 bridgehead atoms. The first-order valence-corrected chi connectivity index (χ1v) is 11.4. The molecule has 1 aromatic heterocycles. The van der Waals surface area contributed by atoms with Crippen molar-refractivity contribution in [1.82, 2.24) is 9.47 Å². The van der Waals surface area contributed by atoms with Gasteiger partial charge in [0.15, 0.2) is 0 Å². The van der Waals surface area contributed by atoms with Gasteiger partial charge in [0, 0.05) is 48.9 Å². The van der Waals surface area contributed by atoms with E-state index in [1.807, 2.05) is 55.9 Å². The van der Waals surface area contributed by atoms with E-state index in [1.165, 1.54) is 4.90 Å². The molecule has 1 N–H and O–H groups in total. The minimum atomic E-state index is -0.724. The summed E-state index contributed by atoms with van der Waals surface area (Å²) in [4.78, 5) is 27.8. The number of rotatable bonds is 8. The number of likely N-dealkylation sites (tertiary alicyclic amines) is 1. The van der Waals surface area contributed by atoms with Crippen molar-refractivity contribution < 1.29 is 24.2 Å². The van der Waals surface area contributed by atoms with Crippen molar-refractivity contribution in [3.8, 4) is 5.75 Å². The zero-order valence-corrected chi connectivity index (χ0v) is 20.0. The van der Waals surface area contributed by atoms with Gasteiger partial charge in [-0.2, -0.15) is 0 Å². The Labute approximate surface area is 199 Å². The summed E-state index contributed by atoms with van der Waals surface area (Å²) < 4.78 is 12.9. The summed E-state index contributed by atoms with van der Waals surface area (Å²) in [6.45, 7) is 5.02. The van der Waals surface area contributed by atoms with Crippen LogP contribution in [0, 0.1) is 6.92 Å². The Hall–Kier alpha value is -3.58. The molecule has 0 radical (unpaired) electrons. The molecule has 4 rings (SSSR count). The number of ether oxygens (including phenoxy) is 2. The first kappa shape index (κ1) is 23.6. The second kappa shape index (κ2) is 9.73. The molecule has 1 aliphatic rings. The predicted molar refractivity (Wildman–Crippen MR) is 131 cm³/mol. The van der Waals surface area contributed by atoms with E-state index in [0.717, 1.165) is 34.2 Å². The topological polar surface area (TPSA) is 81.0 Å². The summed E-state index contributed by atoms with van der Waals surface area (Å²) in [5, 5.41) is 12.3. The number of carbonyl (C=O) groups is 2. The molecular formula is C27H30N2O5. The maximum atomic E-state index is 13.2. The second-order valence-electron chi connectivity index (χ2n) is 8.53. The number of carbonyl (C=O) groups excluding carboxylic acids is 2. The number of benzene rings is 2. The van der Waals surface area contributed by atoms with E-state index in [1.54, 1.807) is 25.3 Å². The fraction of sp³-hybridized carbons (Fsp3) is 0.333. The highest BCUT2D eigenvalue weighted by atomic mass is 16.5. The maximum absolute atomic E-state index is 13.2. The van der Waals surface area contributed by atoms with E-state index < -0.39 is 17.7 Å². The van der Waals surface area contributed by atoms with Gasteiger partial charge >= 0.3 is 0 Å². The molecule has 2 heterocycles. The lowest BCUT2D eigenvalue weighted by Gasteiger charge is -2.24. The molecule has 1 unspecified atom stereocenters. The number of methoxy groups -OCH3 is 1. The van der Waals surface area contributed by atoms with E-state index in [9.17, 15) is 14.7 Å². The third kappa shape index (κ3) is 4.07. The average Bonchev–Trinajstić information content (AvgIpc) is 3.30. The Morgan fingerprint density at radius 2 is 1.88 bits per heavy atom. The van der Waals surface area contributed by atoms with Crippen LogP contribution in [0.3, 0.4) is 0 Å². The van der Waals surface area contributed by atoms with Crippen molar-refractivity contribution in [3.63, 3.8) is 0 Å². The highest BCUT2D eigenvalue weighted by Crippen LogP contribution is 2.42. The Morgan fingerprint density at radius 3 is 2.59 bits per heavy atom. The smallest absolute Gasteiger partial charge is 0.295 e. The summed E-state index contributed by atoms with van der Waals surface area (Å²) in [7, 11) is 3.47. The van der Waals surface area contributed by atoms with E-state index in [0.29, 0.717) is 12.2 Å². The quantitative estimate of drug-likeness (QED) is 0.306. The molecule has 1 amide bonds. The van der Waals surface area contributed by atoms with E-state index in [2.05, 4.69) is 0 Å². The Bertz CT molecular complexity index is 1270. The van der Waals surface area contributed by atoms with Crippen LogP contribution in [0.25, 0.3) is 16.7 Å². The van der Waals surface area contributed by atoms with Crippen molar-refractivity contribution in [2.24, 2.45) is 7.05 Å². The maximum Gasteiger partial charge on any atom is 0.295 e. The summed E-state index contributed by atoms with van der Waals surface area (Å²) in [6.07, 6.45) is 2.80. The number of amides is 1. The van der Waals surface area contributed by atoms with E-state index in [4.69, 9.17) is 9.47 Å². The third-order valence-corrected chi connectivity index (χ3v) is 6.21. The molecule has 34 heavy (non-hydrogen) atoms. The number of ketones is 1. The van der Waals surface area contributed by atoms with Crippen LogP contribution in [0.4, 0.5) is 0 Å². The van der Waals surface area contributed by atoms with Crippen LogP contribution in [0.5, 0.6) is 5.75 Å². The number of aliphatic hydroxyl groups excluding tert-OH is 1. The van der Waals surface area contributed by atoms with Crippen molar-refractivity contribution in [3.05, 3.63) is 70.9 Å². The molecule has 1 saturated heterocycles. The van der Waals surface area contributed by atoms with Crippen LogP contribution < -0.4 is 4.74 Å². The van der Waals surface area contributed by atoms with Gasteiger partial charge in [0.2, 0.25) is 0 Å². The molecule has 3 aromatic rings. The van der Waals surface area contributed by atoms with Crippen molar-refractivity contribution in [2.75, 3.05) is 26.9 Å². The monoisotopic (exact) mass is 462 g/mol. The van der Waals surface area contributed by atoms with E-state index in [-0.39, 0.29) is 24.5 Å². The zero-order valence-electron chi connectivity index (χ0n) is 20.0. The first-order valence-electron chi connectivity index (χ1n) is 11.4. The Balaban J connectivity index is 1.88. The van der Waals surface area contributed by atoms with Gasteiger partial charge in [0.1, 0.15) is 11.5 Å². The van der Waals surface area contributed by atoms with Crippen molar-refractivity contribution in [1.29, 1.82) is 0 Å². The van der Waals surface area contributed by atoms with Crippen LogP contribution in [0.2, 0.25) is 0 Å². The number of fused-ring (bicyclic) bond motifs is 1. The fourth-order valence-corrected chi connectivity index (χ4v) is 4.54. The number of Topliss-reactive ketones (excluding diaryl/α,β-unsaturated/α-hetero) is 1. The van der Waals surface area contributed by atoms with Crippen LogP contribution in [0.1, 0.15) is 36.1 Å². The average molecular weight is 463 g/mol. The van der Waals surface area contributed by atoms with Crippen LogP contribution in [-0.4, -0.2) is 53.1 Å². The van der Waals surface area contributed by atoms with Gasteiger partial charge < -0.3 is 24.0 Å². The Morgan fingerprint density at radius 1 is 1.12 bits per heavy atom. The molecule has 2 aromatic carbocycles. The van der Waals surface area contributed by atoms with Crippen molar-refractivity contribution in [2.45, 2.75) is 26.3 Å². The van der Waals surface area contributed by atoms with Crippen LogP contribution in [-0.2, 0) is 21.4 Å². The number of aryl methyl sites for hydroxylation is 2. The highest BCUT2D eigenvalue weighted by molar-refractivity contribution is 6.46. The van der Waals surface area contributed by atoms with E-state index >= 15 is 0 Å². The molecular weight excluding hydrogens is 432 g/mol. The second-order valence-corrected chi connectivity index (χ2v) is 8.53. The summed E-state index contributed by atoms with van der Waals surface area (Å²) in [5.74, 6) is -0.808. The molecule has 1 aliphatic heterocycles. The minimum Gasteiger partial charge on any atom is -0.507 e. The highest BCUT2D eigenvalue weighted by Gasteiger charge is 2.46. The van der Waals surface area contributed by atoms with Crippen molar-refractivity contribution >= 4 is 28.4 Å². The Kier molecular flexibility index (Phi) is 6.75. The first-order chi connectivity index (χ1) is 16.4. The van der Waals surface area contributed by atoms with Crippen LogP contribution in [0.15, 0.2) is 54.2 Å². The normalized spacial score (nSPS) is 17.6. The predicted octanol–water partition coefficient (Wildman–Crippen LogP) is 4.34. The lowest BCUT2D eigenvalue weighted by molar-refractivity contribution is -0.140. The third-order valence-electron chi connectivity index (χ3n) is 6.21. The van der Waals surface area contributed by atoms with Gasteiger partial charge in [0.25, 0.3) is 11.7 Å². The number of hydrogen-bond donors (Lipinski definition) is 1. The number of aliphatic hydroxyl groups is 1. The molecule has 7 nitrogen and oxygen atoms in total. The molecule has 0 saturated carbocycles. The lowest BCUT2D eigenvalue weighted by atomic mass is 9.94. The minimum absolute atomic E-state index is 0.0825. The van der Waals surface area contributed by atoms with Gasteiger partial charge in [-0.05, 0) is 43.2 Å². The number of nitrogens with zero attached hydrogens (tertiary/aromatic N) is 2. The number of hydrogen-bond acceptors (Lipinski definition) is 5. The van der Waals surface area contributed by atoms with Gasteiger partial charge in [-0.25, -0.2) is 0 Å². The standard InChI is InChI=1S/C27H30N2O5/c1-5-13-34-22-11-10-18(15-17(22)2)25(30)23-24(29(12-14-33-4)27(32)26(23)31)20-16-28(3)21-9-7-6-8-19(20)21/h6-11,15-16,24,30H,5,12-14H2,1-4H3/b25-23+. The van der Waals surface area contributed by atoms with Gasteiger partial charge in [0.05, 0.1) is 24.8 Å². The molecule has 7 heteroatoms. The summed E-state index contributed by atoms with van der Waals surface area (Å²) in [6, 6.07) is 12.4.